The number of anilines is 2. The summed E-state index contributed by atoms with van der Waals surface area (Å²) in [6, 6.07) is 2.11. The minimum atomic E-state index is 0.767. The van der Waals surface area contributed by atoms with Gasteiger partial charge >= 0.3 is 0 Å². The Morgan fingerprint density at radius 3 is 2.12 bits per heavy atom. The van der Waals surface area contributed by atoms with Crippen LogP contribution in [0.5, 0.6) is 0 Å². The Hall–Kier alpha value is -2.26. The van der Waals surface area contributed by atoms with Gasteiger partial charge in [-0.25, -0.2) is 9.97 Å². The van der Waals surface area contributed by atoms with Gasteiger partial charge in [-0.1, -0.05) is 0 Å². The standard InChI is InChI=1S/C16H24N8O/c1-2-20-24(19-1)8-5-21-3-6-22(7-4-21)15-13-16(18-14-17-15)23-9-11-25-12-10-23/h1-2,13-14H,3-12H2. The largest absolute Gasteiger partial charge is 0.378 e. The summed E-state index contributed by atoms with van der Waals surface area (Å²) in [5, 5.41) is 8.31. The fourth-order valence-electron chi connectivity index (χ4n) is 3.27. The minimum Gasteiger partial charge on any atom is -0.378 e. The van der Waals surface area contributed by atoms with Crippen molar-refractivity contribution in [1.29, 1.82) is 0 Å². The molecule has 25 heavy (non-hydrogen) atoms. The summed E-state index contributed by atoms with van der Waals surface area (Å²) >= 11 is 0. The molecule has 2 aromatic rings. The highest BCUT2D eigenvalue weighted by Gasteiger charge is 2.20. The zero-order valence-corrected chi connectivity index (χ0v) is 14.4. The molecule has 2 aliphatic rings. The monoisotopic (exact) mass is 344 g/mol. The summed E-state index contributed by atoms with van der Waals surface area (Å²) in [4.78, 5) is 17.7. The average Bonchev–Trinajstić information content (AvgIpc) is 3.21. The topological polar surface area (TPSA) is 75.4 Å². The van der Waals surface area contributed by atoms with Crippen LogP contribution in [0.2, 0.25) is 0 Å². The first-order valence-electron chi connectivity index (χ1n) is 8.85. The van der Waals surface area contributed by atoms with Crippen molar-refractivity contribution in [3.8, 4) is 0 Å². The molecule has 4 rings (SSSR count). The summed E-state index contributed by atoms with van der Waals surface area (Å²) < 4.78 is 5.42. The maximum absolute atomic E-state index is 5.42. The number of piperazine rings is 1. The Kier molecular flexibility index (Phi) is 5.03. The third kappa shape index (κ3) is 4.05. The summed E-state index contributed by atoms with van der Waals surface area (Å²) in [5.74, 6) is 2.02. The lowest BCUT2D eigenvalue weighted by atomic mass is 10.3. The molecule has 0 aromatic carbocycles. The smallest absolute Gasteiger partial charge is 0.134 e. The van der Waals surface area contributed by atoms with Crippen molar-refractivity contribution in [2.24, 2.45) is 0 Å². The van der Waals surface area contributed by atoms with Gasteiger partial charge in [0.1, 0.15) is 18.0 Å². The minimum absolute atomic E-state index is 0.767. The van der Waals surface area contributed by atoms with Crippen LogP contribution in [0.15, 0.2) is 24.8 Å². The maximum Gasteiger partial charge on any atom is 0.134 e. The van der Waals surface area contributed by atoms with E-state index in [0.717, 1.165) is 77.2 Å². The first kappa shape index (κ1) is 16.2. The second kappa shape index (κ2) is 7.75. The molecule has 0 unspecified atom stereocenters. The molecule has 0 spiro atoms. The molecule has 2 fully saturated rings. The molecule has 2 aromatic heterocycles. The molecule has 0 atom stereocenters. The highest BCUT2D eigenvalue weighted by molar-refractivity contribution is 5.50. The summed E-state index contributed by atoms with van der Waals surface area (Å²) in [6.45, 7) is 9.14. The molecule has 0 amide bonds. The van der Waals surface area contributed by atoms with E-state index in [2.05, 4.69) is 40.9 Å². The number of hydrogen-bond acceptors (Lipinski definition) is 8. The van der Waals surface area contributed by atoms with Gasteiger partial charge in [0.05, 0.1) is 32.2 Å². The van der Waals surface area contributed by atoms with Crippen molar-refractivity contribution < 1.29 is 4.74 Å². The predicted octanol–water partition coefficient (Wildman–Crippen LogP) is -0.273. The van der Waals surface area contributed by atoms with E-state index in [1.54, 1.807) is 23.5 Å². The van der Waals surface area contributed by atoms with Crippen LogP contribution in [0, 0.1) is 0 Å². The molecule has 9 nitrogen and oxygen atoms in total. The zero-order chi connectivity index (χ0) is 16.9. The normalized spacial score (nSPS) is 19.4. The highest BCUT2D eigenvalue weighted by Crippen LogP contribution is 2.19. The first-order valence-corrected chi connectivity index (χ1v) is 8.85. The third-order valence-electron chi connectivity index (χ3n) is 4.75. The van der Waals surface area contributed by atoms with E-state index in [-0.39, 0.29) is 0 Å². The quantitative estimate of drug-likeness (QED) is 0.734. The van der Waals surface area contributed by atoms with Crippen molar-refractivity contribution in [2.45, 2.75) is 6.54 Å². The molecule has 0 N–H and O–H groups in total. The van der Waals surface area contributed by atoms with Crippen molar-refractivity contribution in [1.82, 2.24) is 29.9 Å². The molecule has 0 radical (unpaired) electrons. The lowest BCUT2D eigenvalue weighted by Crippen LogP contribution is -2.47. The number of nitrogens with zero attached hydrogens (tertiary/aromatic N) is 8. The molecular weight excluding hydrogens is 320 g/mol. The van der Waals surface area contributed by atoms with Crippen LogP contribution in [0.3, 0.4) is 0 Å². The number of hydrogen-bond donors (Lipinski definition) is 0. The Bertz CT molecular complexity index is 650. The van der Waals surface area contributed by atoms with Crippen molar-refractivity contribution in [3.63, 3.8) is 0 Å². The van der Waals surface area contributed by atoms with E-state index >= 15 is 0 Å². The van der Waals surface area contributed by atoms with Crippen LogP contribution < -0.4 is 9.80 Å². The van der Waals surface area contributed by atoms with Crippen LogP contribution in [0.4, 0.5) is 11.6 Å². The Morgan fingerprint density at radius 1 is 0.800 bits per heavy atom. The predicted molar refractivity (Wildman–Crippen MR) is 93.7 cm³/mol. The van der Waals surface area contributed by atoms with Gasteiger partial charge in [-0.3, -0.25) is 4.90 Å². The molecule has 9 heteroatoms. The second-order valence-corrected chi connectivity index (χ2v) is 6.29. The lowest BCUT2D eigenvalue weighted by Gasteiger charge is -2.35. The van der Waals surface area contributed by atoms with E-state index in [0.29, 0.717) is 0 Å². The van der Waals surface area contributed by atoms with Crippen molar-refractivity contribution in [3.05, 3.63) is 24.8 Å². The van der Waals surface area contributed by atoms with Crippen LogP contribution in [-0.2, 0) is 11.3 Å². The van der Waals surface area contributed by atoms with E-state index in [9.17, 15) is 0 Å². The molecule has 0 bridgehead atoms. The summed E-state index contributed by atoms with van der Waals surface area (Å²) in [7, 11) is 0. The van der Waals surface area contributed by atoms with Gasteiger partial charge < -0.3 is 14.5 Å². The Morgan fingerprint density at radius 2 is 1.44 bits per heavy atom. The molecular formula is C16H24N8O. The van der Waals surface area contributed by atoms with Crippen molar-refractivity contribution in [2.75, 3.05) is 68.8 Å². The summed E-state index contributed by atoms with van der Waals surface area (Å²) in [5.41, 5.74) is 0. The van der Waals surface area contributed by atoms with Crippen LogP contribution >= 0.6 is 0 Å². The number of morpholine rings is 1. The van der Waals surface area contributed by atoms with Gasteiger partial charge in [0.15, 0.2) is 0 Å². The number of rotatable bonds is 5. The number of ether oxygens (including phenoxy) is 1. The Labute approximate surface area is 147 Å². The lowest BCUT2D eigenvalue weighted by molar-refractivity contribution is 0.122. The van der Waals surface area contributed by atoms with Crippen LogP contribution in [-0.4, -0.2) is 88.9 Å². The van der Waals surface area contributed by atoms with Gasteiger partial charge in [-0.2, -0.15) is 15.0 Å². The van der Waals surface area contributed by atoms with Gasteiger partial charge in [0, 0.05) is 51.9 Å². The van der Waals surface area contributed by atoms with E-state index < -0.39 is 0 Å². The zero-order valence-electron chi connectivity index (χ0n) is 14.4. The van der Waals surface area contributed by atoms with Gasteiger partial charge in [0.25, 0.3) is 0 Å². The van der Waals surface area contributed by atoms with Crippen LogP contribution in [0.25, 0.3) is 0 Å². The average molecular weight is 344 g/mol. The molecule has 0 saturated carbocycles. The van der Waals surface area contributed by atoms with E-state index in [4.69, 9.17) is 4.74 Å². The molecule has 134 valence electrons. The van der Waals surface area contributed by atoms with Gasteiger partial charge in [0.2, 0.25) is 0 Å². The van der Waals surface area contributed by atoms with Crippen molar-refractivity contribution >= 4 is 11.6 Å². The maximum atomic E-state index is 5.42. The first-order chi connectivity index (χ1) is 12.4. The van der Waals surface area contributed by atoms with Crippen LogP contribution in [0.1, 0.15) is 0 Å². The SMILES string of the molecule is c1nc(N2CCOCC2)cc(N2CCN(CCn3nccn3)CC2)n1. The third-order valence-corrected chi connectivity index (χ3v) is 4.75. The summed E-state index contributed by atoms with van der Waals surface area (Å²) in [6.07, 6.45) is 5.12. The van der Waals surface area contributed by atoms with E-state index in [1.807, 2.05) is 0 Å². The fourth-order valence-corrected chi connectivity index (χ4v) is 3.27. The van der Waals surface area contributed by atoms with Gasteiger partial charge in [-0.15, -0.1) is 0 Å². The molecule has 2 aliphatic heterocycles. The molecule has 2 saturated heterocycles. The second-order valence-electron chi connectivity index (χ2n) is 6.29. The fraction of sp³-hybridized carbons (Fsp3) is 0.625. The molecule has 0 aliphatic carbocycles. The van der Waals surface area contributed by atoms with E-state index in [1.165, 1.54) is 0 Å². The number of aromatic nitrogens is 5. The molecule has 4 heterocycles. The Balaban J connectivity index is 1.31. The highest BCUT2D eigenvalue weighted by atomic mass is 16.5. The van der Waals surface area contributed by atoms with Gasteiger partial charge in [-0.05, 0) is 0 Å².